The second kappa shape index (κ2) is 7.32. The van der Waals surface area contributed by atoms with E-state index in [1.165, 1.54) is 4.90 Å². The number of aliphatic hydroxyl groups excluding tert-OH is 1. The van der Waals surface area contributed by atoms with Crippen molar-refractivity contribution in [2.24, 2.45) is 0 Å². The Morgan fingerprint density at radius 1 is 1.15 bits per heavy atom. The van der Waals surface area contributed by atoms with E-state index in [2.05, 4.69) is 15.4 Å². The third-order valence-electron chi connectivity index (χ3n) is 4.91. The second-order valence-corrected chi connectivity index (χ2v) is 6.64. The van der Waals surface area contributed by atoms with Crippen molar-refractivity contribution in [3.8, 4) is 0 Å². The number of carboxylic acid groups (broad SMARTS) is 1. The quantitative estimate of drug-likeness (QED) is 0.373. The maximum atomic E-state index is 12.8. The van der Waals surface area contributed by atoms with Gasteiger partial charge in [0.15, 0.2) is 0 Å². The van der Waals surface area contributed by atoms with Crippen molar-refractivity contribution < 1.29 is 34.1 Å². The first-order valence-corrected chi connectivity index (χ1v) is 8.51. The van der Waals surface area contributed by atoms with Crippen LogP contribution < -0.4 is 10.6 Å². The number of carbonyl (C=O) groups is 4. The first-order valence-electron chi connectivity index (χ1n) is 8.51. The SMILES string of the molecule is O=C(O)NC1C/C=C\CC2CCC(C(=O)NC3CC(=O)OC3O)N2C1=O. The topological polar surface area (TPSA) is 145 Å². The van der Waals surface area contributed by atoms with Gasteiger partial charge in [-0.2, -0.15) is 0 Å². The average Bonchev–Trinajstić information content (AvgIpc) is 3.11. The molecule has 2 fully saturated rings. The molecule has 0 radical (unpaired) electrons. The Kier molecular flexibility index (Phi) is 5.12. The fourth-order valence-corrected chi connectivity index (χ4v) is 3.69. The van der Waals surface area contributed by atoms with E-state index in [9.17, 15) is 24.3 Å². The first-order chi connectivity index (χ1) is 12.4. The van der Waals surface area contributed by atoms with E-state index in [1.54, 1.807) is 6.08 Å². The fourth-order valence-electron chi connectivity index (χ4n) is 3.69. The van der Waals surface area contributed by atoms with Crippen molar-refractivity contribution in [1.29, 1.82) is 0 Å². The zero-order valence-corrected chi connectivity index (χ0v) is 14.0. The molecule has 3 aliphatic rings. The van der Waals surface area contributed by atoms with Gasteiger partial charge in [0.2, 0.25) is 18.1 Å². The Balaban J connectivity index is 1.74. The van der Waals surface area contributed by atoms with Crippen molar-refractivity contribution >= 4 is 23.9 Å². The van der Waals surface area contributed by atoms with Crippen LogP contribution >= 0.6 is 0 Å². The molecule has 3 aliphatic heterocycles. The molecule has 0 aliphatic carbocycles. The van der Waals surface area contributed by atoms with Gasteiger partial charge >= 0.3 is 12.1 Å². The molecule has 10 nitrogen and oxygen atoms in total. The van der Waals surface area contributed by atoms with Crippen LogP contribution in [0.15, 0.2) is 12.2 Å². The molecule has 0 aromatic heterocycles. The molecule has 3 rings (SSSR count). The Morgan fingerprint density at radius 3 is 2.54 bits per heavy atom. The molecule has 26 heavy (non-hydrogen) atoms. The van der Waals surface area contributed by atoms with Crippen molar-refractivity contribution in [3.63, 3.8) is 0 Å². The Labute approximate surface area is 149 Å². The lowest BCUT2D eigenvalue weighted by molar-refractivity contribution is -0.155. The van der Waals surface area contributed by atoms with Crippen LogP contribution in [0.5, 0.6) is 0 Å². The highest BCUT2D eigenvalue weighted by molar-refractivity contribution is 5.92. The molecule has 0 spiro atoms. The molecule has 10 heteroatoms. The minimum Gasteiger partial charge on any atom is -0.465 e. The number of fused-ring (bicyclic) bond motifs is 1. The van der Waals surface area contributed by atoms with Crippen LogP contribution in [0.25, 0.3) is 0 Å². The van der Waals surface area contributed by atoms with Crippen molar-refractivity contribution in [2.75, 3.05) is 0 Å². The normalized spacial score (nSPS) is 35.1. The van der Waals surface area contributed by atoms with Gasteiger partial charge in [-0.1, -0.05) is 12.2 Å². The van der Waals surface area contributed by atoms with Crippen LogP contribution in [-0.2, 0) is 19.1 Å². The van der Waals surface area contributed by atoms with Gasteiger partial charge in [0.1, 0.15) is 18.1 Å². The Bertz CT molecular complexity index is 650. The monoisotopic (exact) mass is 367 g/mol. The van der Waals surface area contributed by atoms with Crippen molar-refractivity contribution in [2.45, 2.75) is 62.6 Å². The molecular formula is C16H21N3O7. The molecule has 0 aromatic carbocycles. The summed E-state index contributed by atoms with van der Waals surface area (Å²) in [4.78, 5) is 49.1. The summed E-state index contributed by atoms with van der Waals surface area (Å²) in [5, 5.41) is 23.3. The van der Waals surface area contributed by atoms with E-state index in [1.807, 2.05) is 6.08 Å². The molecule has 3 amide bonds. The summed E-state index contributed by atoms with van der Waals surface area (Å²) in [6, 6.07) is -2.78. The van der Waals surface area contributed by atoms with Gasteiger partial charge in [0.25, 0.3) is 0 Å². The summed E-state index contributed by atoms with van der Waals surface area (Å²) < 4.78 is 4.60. The number of aliphatic hydroxyl groups is 1. The number of nitrogens with zero attached hydrogens (tertiary/aromatic N) is 1. The van der Waals surface area contributed by atoms with Gasteiger partial charge < -0.3 is 30.5 Å². The van der Waals surface area contributed by atoms with Gasteiger partial charge in [-0.05, 0) is 25.7 Å². The standard InChI is InChI=1S/C16H21N3O7/c20-12-7-10(15(23)26-12)17-13(21)11-6-5-8-3-1-2-4-9(18-16(24)25)14(22)19(8)11/h1-2,8-11,15,18,23H,3-7H2,(H,17,21)(H,24,25)/b2-1-. The third-order valence-corrected chi connectivity index (χ3v) is 4.91. The van der Waals surface area contributed by atoms with E-state index < -0.39 is 48.3 Å². The molecule has 142 valence electrons. The van der Waals surface area contributed by atoms with Gasteiger partial charge in [0.05, 0.1) is 6.42 Å². The van der Waals surface area contributed by atoms with Crippen LogP contribution in [-0.4, -0.2) is 69.4 Å². The lowest BCUT2D eigenvalue weighted by atomic mass is 10.0. The Morgan fingerprint density at radius 2 is 1.88 bits per heavy atom. The zero-order valence-electron chi connectivity index (χ0n) is 14.0. The predicted octanol–water partition coefficient (Wildman–Crippen LogP) is -0.918. The average molecular weight is 367 g/mol. The molecule has 5 unspecified atom stereocenters. The number of cyclic esters (lactones) is 1. The summed E-state index contributed by atoms with van der Waals surface area (Å²) in [6.45, 7) is 0. The number of carbonyl (C=O) groups excluding carboxylic acids is 3. The number of rotatable bonds is 3. The zero-order chi connectivity index (χ0) is 18.8. The van der Waals surface area contributed by atoms with Crippen molar-refractivity contribution in [3.05, 3.63) is 12.2 Å². The third kappa shape index (κ3) is 3.64. The second-order valence-electron chi connectivity index (χ2n) is 6.64. The molecule has 3 heterocycles. The fraction of sp³-hybridized carbons (Fsp3) is 0.625. The molecule has 2 saturated heterocycles. The number of nitrogens with one attached hydrogen (secondary N) is 2. The summed E-state index contributed by atoms with van der Waals surface area (Å²) in [6.07, 6.45) is 2.63. The van der Waals surface area contributed by atoms with Crippen LogP contribution in [0.1, 0.15) is 32.1 Å². The van der Waals surface area contributed by atoms with Crippen LogP contribution in [0.3, 0.4) is 0 Å². The van der Waals surface area contributed by atoms with Crippen LogP contribution in [0.4, 0.5) is 4.79 Å². The number of ether oxygens (including phenoxy) is 1. The summed E-state index contributed by atoms with van der Waals surface area (Å²) >= 11 is 0. The van der Waals surface area contributed by atoms with Gasteiger partial charge in [-0.25, -0.2) is 4.79 Å². The van der Waals surface area contributed by atoms with Crippen LogP contribution in [0, 0.1) is 0 Å². The number of amides is 3. The number of hydrogen-bond acceptors (Lipinski definition) is 6. The van der Waals surface area contributed by atoms with E-state index in [-0.39, 0.29) is 18.9 Å². The smallest absolute Gasteiger partial charge is 0.405 e. The maximum absolute atomic E-state index is 12.8. The lowest BCUT2D eigenvalue weighted by Crippen LogP contribution is -2.57. The molecule has 0 bridgehead atoms. The number of hydrogen-bond donors (Lipinski definition) is 4. The molecule has 0 saturated carbocycles. The summed E-state index contributed by atoms with van der Waals surface area (Å²) in [7, 11) is 0. The Hall–Kier alpha value is -2.62. The lowest BCUT2D eigenvalue weighted by Gasteiger charge is -2.33. The molecule has 5 atom stereocenters. The largest absolute Gasteiger partial charge is 0.465 e. The van der Waals surface area contributed by atoms with E-state index in [4.69, 9.17) is 5.11 Å². The first kappa shape index (κ1) is 18.2. The minimum absolute atomic E-state index is 0.136. The highest BCUT2D eigenvalue weighted by atomic mass is 16.6. The van der Waals surface area contributed by atoms with E-state index in [0.29, 0.717) is 19.3 Å². The van der Waals surface area contributed by atoms with E-state index in [0.717, 1.165) is 0 Å². The molecule has 4 N–H and O–H groups in total. The van der Waals surface area contributed by atoms with Crippen molar-refractivity contribution in [1.82, 2.24) is 15.5 Å². The molecular weight excluding hydrogens is 346 g/mol. The van der Waals surface area contributed by atoms with Gasteiger partial charge in [-0.15, -0.1) is 0 Å². The summed E-state index contributed by atoms with van der Waals surface area (Å²) in [5.41, 5.74) is 0. The van der Waals surface area contributed by atoms with Gasteiger partial charge in [0, 0.05) is 6.04 Å². The number of esters is 1. The predicted molar refractivity (Wildman–Crippen MR) is 85.6 cm³/mol. The maximum Gasteiger partial charge on any atom is 0.405 e. The van der Waals surface area contributed by atoms with Gasteiger partial charge in [-0.3, -0.25) is 14.4 Å². The highest BCUT2D eigenvalue weighted by Gasteiger charge is 2.45. The highest BCUT2D eigenvalue weighted by Crippen LogP contribution is 2.30. The minimum atomic E-state index is -1.41. The summed E-state index contributed by atoms with van der Waals surface area (Å²) in [5.74, 6) is -1.54. The van der Waals surface area contributed by atoms with E-state index >= 15 is 0 Å². The molecule has 0 aromatic rings. The van der Waals surface area contributed by atoms with Crippen LogP contribution in [0.2, 0.25) is 0 Å².